The van der Waals surface area contributed by atoms with Crippen LogP contribution in [0.5, 0.6) is 0 Å². The lowest BCUT2D eigenvalue weighted by Gasteiger charge is -2.05. The molecule has 0 saturated heterocycles. The summed E-state index contributed by atoms with van der Waals surface area (Å²) in [5.74, 6) is 0.730. The van der Waals surface area contributed by atoms with E-state index < -0.39 is 0 Å². The van der Waals surface area contributed by atoms with Gasteiger partial charge in [0, 0.05) is 6.42 Å². The van der Waals surface area contributed by atoms with Crippen LogP contribution in [-0.2, 0) is 9.78 Å². The van der Waals surface area contributed by atoms with Gasteiger partial charge in [-0.2, -0.15) is 4.89 Å². The van der Waals surface area contributed by atoms with Crippen LogP contribution < -0.4 is 0 Å². The summed E-state index contributed by atoms with van der Waals surface area (Å²) < 4.78 is 0. The highest BCUT2D eigenvalue weighted by Crippen LogP contribution is 2.10. The molecule has 0 heterocycles. The lowest BCUT2D eigenvalue weighted by molar-refractivity contribution is -0.259. The summed E-state index contributed by atoms with van der Waals surface area (Å²) in [7, 11) is 0. The second-order valence-electron chi connectivity index (χ2n) is 5.63. The highest BCUT2D eigenvalue weighted by molar-refractivity contribution is 4.99. The first-order valence-electron chi connectivity index (χ1n) is 9.38. The Balaban J connectivity index is 3.39. The van der Waals surface area contributed by atoms with Gasteiger partial charge in [-0.05, 0) is 51.9 Å². The molecule has 0 amide bonds. The maximum atomic E-state index is 4.99. The molecule has 0 spiro atoms. The maximum Gasteiger partial charge on any atom is 0.135 e. The standard InChI is InChI=1S/C22H36O2/c1-4-6-7-8-9-10-11-12-13-14-15-16-17-18-19-20-21-22(3)24-23-5-2/h6-7,9-10,12-13,15-16H,3-5,8,11,14,17-21H2,1-2H3/b7-6-,10-9-,13-12-,16-15-. The first-order chi connectivity index (χ1) is 11.8. The van der Waals surface area contributed by atoms with Gasteiger partial charge in [-0.1, -0.05) is 68.5 Å². The van der Waals surface area contributed by atoms with Crippen molar-refractivity contribution in [3.05, 3.63) is 60.9 Å². The lowest BCUT2D eigenvalue weighted by Crippen LogP contribution is -1.93. The molecule has 0 atom stereocenters. The Labute approximate surface area is 149 Å². The van der Waals surface area contributed by atoms with Crippen LogP contribution >= 0.6 is 0 Å². The van der Waals surface area contributed by atoms with E-state index in [4.69, 9.17) is 9.78 Å². The maximum absolute atomic E-state index is 4.99. The molecule has 0 aromatic rings. The third-order valence-corrected chi connectivity index (χ3v) is 3.34. The van der Waals surface area contributed by atoms with Gasteiger partial charge in [-0.15, -0.1) is 0 Å². The molecule has 0 aromatic carbocycles. The summed E-state index contributed by atoms with van der Waals surface area (Å²) in [6, 6.07) is 0. The molecule has 24 heavy (non-hydrogen) atoms. The number of unbranched alkanes of at least 4 members (excludes halogenated alkanes) is 3. The predicted molar refractivity (Wildman–Crippen MR) is 106 cm³/mol. The molecule has 0 saturated carbocycles. The molecule has 0 fully saturated rings. The highest BCUT2D eigenvalue weighted by Gasteiger charge is 1.95. The molecule has 0 bridgehead atoms. The van der Waals surface area contributed by atoms with Crippen LogP contribution in [0.4, 0.5) is 0 Å². The van der Waals surface area contributed by atoms with Crippen molar-refractivity contribution in [1.82, 2.24) is 0 Å². The smallest absolute Gasteiger partial charge is 0.135 e. The minimum Gasteiger partial charge on any atom is -0.343 e. The van der Waals surface area contributed by atoms with Crippen molar-refractivity contribution in [3.63, 3.8) is 0 Å². The van der Waals surface area contributed by atoms with E-state index in [9.17, 15) is 0 Å². The Morgan fingerprint density at radius 3 is 1.92 bits per heavy atom. The van der Waals surface area contributed by atoms with Gasteiger partial charge >= 0.3 is 0 Å². The molecule has 0 unspecified atom stereocenters. The number of hydrogen-bond donors (Lipinski definition) is 0. The minimum absolute atomic E-state index is 0.560. The van der Waals surface area contributed by atoms with Crippen LogP contribution in [0.2, 0.25) is 0 Å². The molecule has 0 aliphatic rings. The SMILES string of the molecule is C=C(CCCCC/C=C\C/C=C\C/C=C\C/C=C\CC)OOCC. The van der Waals surface area contributed by atoms with Gasteiger partial charge in [0.1, 0.15) is 5.76 Å². The Kier molecular flexibility index (Phi) is 18.3. The third kappa shape index (κ3) is 18.5. The van der Waals surface area contributed by atoms with Crippen LogP contribution in [0.15, 0.2) is 60.9 Å². The number of hydrogen-bond acceptors (Lipinski definition) is 2. The second-order valence-corrected chi connectivity index (χ2v) is 5.63. The Morgan fingerprint density at radius 1 is 0.750 bits per heavy atom. The summed E-state index contributed by atoms with van der Waals surface area (Å²) >= 11 is 0. The Hall–Kier alpha value is -1.54. The Bertz CT molecular complexity index is 389. The third-order valence-electron chi connectivity index (χ3n) is 3.34. The van der Waals surface area contributed by atoms with E-state index in [0.29, 0.717) is 6.61 Å². The van der Waals surface area contributed by atoms with E-state index in [1.807, 2.05) is 6.92 Å². The van der Waals surface area contributed by atoms with Gasteiger partial charge in [0.25, 0.3) is 0 Å². The first-order valence-corrected chi connectivity index (χ1v) is 9.38. The van der Waals surface area contributed by atoms with Crippen molar-refractivity contribution in [2.45, 2.75) is 71.6 Å². The zero-order valence-corrected chi connectivity index (χ0v) is 15.7. The van der Waals surface area contributed by atoms with Crippen LogP contribution in [0.3, 0.4) is 0 Å². The van der Waals surface area contributed by atoms with Gasteiger partial charge in [-0.3, -0.25) is 0 Å². The van der Waals surface area contributed by atoms with Crippen molar-refractivity contribution in [2.24, 2.45) is 0 Å². The second kappa shape index (κ2) is 19.5. The molecule has 0 N–H and O–H groups in total. The van der Waals surface area contributed by atoms with Gasteiger partial charge in [0.05, 0.1) is 6.61 Å². The highest BCUT2D eigenvalue weighted by atomic mass is 17.2. The van der Waals surface area contributed by atoms with Crippen molar-refractivity contribution in [3.8, 4) is 0 Å². The first kappa shape index (κ1) is 22.5. The fourth-order valence-electron chi connectivity index (χ4n) is 2.04. The molecule has 136 valence electrons. The van der Waals surface area contributed by atoms with Crippen molar-refractivity contribution in [1.29, 1.82) is 0 Å². The monoisotopic (exact) mass is 332 g/mol. The molecule has 2 nitrogen and oxygen atoms in total. The molecule has 0 aliphatic heterocycles. The largest absolute Gasteiger partial charge is 0.343 e. The molecular weight excluding hydrogens is 296 g/mol. The zero-order valence-electron chi connectivity index (χ0n) is 15.7. The van der Waals surface area contributed by atoms with E-state index in [1.165, 1.54) is 12.8 Å². The van der Waals surface area contributed by atoms with Crippen LogP contribution in [0.25, 0.3) is 0 Å². The van der Waals surface area contributed by atoms with Gasteiger partial charge in [0.2, 0.25) is 0 Å². The quantitative estimate of drug-likeness (QED) is 0.0976. The molecule has 0 rings (SSSR count). The van der Waals surface area contributed by atoms with Gasteiger partial charge in [-0.25, -0.2) is 0 Å². The van der Waals surface area contributed by atoms with E-state index in [0.717, 1.165) is 50.7 Å². The molecule has 0 aromatic heterocycles. The average molecular weight is 333 g/mol. The van der Waals surface area contributed by atoms with Gasteiger partial charge in [0.15, 0.2) is 0 Å². The fraction of sp³-hybridized carbons (Fsp3) is 0.545. The van der Waals surface area contributed by atoms with E-state index in [-0.39, 0.29) is 0 Å². The van der Waals surface area contributed by atoms with Crippen molar-refractivity contribution in [2.75, 3.05) is 6.61 Å². The van der Waals surface area contributed by atoms with Crippen LogP contribution in [-0.4, -0.2) is 6.61 Å². The van der Waals surface area contributed by atoms with Crippen LogP contribution in [0, 0.1) is 0 Å². The molecule has 0 aliphatic carbocycles. The number of rotatable bonds is 16. The molecule has 0 radical (unpaired) electrons. The summed E-state index contributed by atoms with van der Waals surface area (Å²) in [4.78, 5) is 9.84. The summed E-state index contributed by atoms with van der Waals surface area (Å²) in [6.45, 7) is 8.44. The van der Waals surface area contributed by atoms with E-state index >= 15 is 0 Å². The normalized spacial score (nSPS) is 12.2. The van der Waals surface area contributed by atoms with Crippen molar-refractivity contribution < 1.29 is 9.78 Å². The van der Waals surface area contributed by atoms with E-state index in [2.05, 4.69) is 62.1 Å². The van der Waals surface area contributed by atoms with Crippen LogP contribution in [0.1, 0.15) is 71.6 Å². The molecule has 2 heteroatoms. The minimum atomic E-state index is 0.560. The van der Waals surface area contributed by atoms with E-state index in [1.54, 1.807) is 0 Å². The topological polar surface area (TPSA) is 18.5 Å². The lowest BCUT2D eigenvalue weighted by atomic mass is 10.1. The van der Waals surface area contributed by atoms with Gasteiger partial charge < -0.3 is 4.89 Å². The zero-order chi connectivity index (χ0) is 17.7. The molecular formula is C22H36O2. The number of allylic oxidation sites excluding steroid dienone is 9. The summed E-state index contributed by atoms with van der Waals surface area (Å²) in [5, 5.41) is 0. The fourth-order valence-corrected chi connectivity index (χ4v) is 2.04. The Morgan fingerprint density at radius 2 is 1.33 bits per heavy atom. The summed E-state index contributed by atoms with van der Waals surface area (Å²) in [6.07, 6.45) is 27.7. The average Bonchev–Trinajstić information content (AvgIpc) is 2.59. The summed E-state index contributed by atoms with van der Waals surface area (Å²) in [5.41, 5.74) is 0. The van der Waals surface area contributed by atoms with Crippen molar-refractivity contribution >= 4 is 0 Å². The predicted octanol–water partition coefficient (Wildman–Crippen LogP) is 7.22.